The molecule has 0 saturated carbocycles. The zero-order chi connectivity index (χ0) is 16.6. The average molecular weight is 320 g/mol. The van der Waals surface area contributed by atoms with Gasteiger partial charge in [-0.25, -0.2) is 9.78 Å². The van der Waals surface area contributed by atoms with Crippen LogP contribution < -0.4 is 4.74 Å². The van der Waals surface area contributed by atoms with Crippen LogP contribution in [0.2, 0.25) is 0 Å². The second kappa shape index (κ2) is 5.42. The van der Waals surface area contributed by atoms with E-state index in [1.165, 1.54) is 12.1 Å². The van der Waals surface area contributed by atoms with Crippen molar-refractivity contribution in [3.8, 4) is 5.75 Å². The van der Waals surface area contributed by atoms with E-state index in [1.54, 1.807) is 36.0 Å². The van der Waals surface area contributed by atoms with E-state index in [-0.39, 0.29) is 11.3 Å². The second-order valence-electron chi connectivity index (χ2n) is 4.93. The van der Waals surface area contributed by atoms with Gasteiger partial charge in [-0.1, -0.05) is 6.07 Å². The number of aryl methyl sites for hydroxylation is 1. The van der Waals surface area contributed by atoms with E-state index in [1.807, 2.05) is 0 Å². The van der Waals surface area contributed by atoms with Crippen LogP contribution in [0.15, 0.2) is 48.9 Å². The molecule has 2 aromatic heterocycles. The quantitative estimate of drug-likeness (QED) is 0.531. The standard InChI is InChI=1S/C16H11F3N2O2/c1-10-13(5-7-21-8-6-20-14(10)21)15(22)23-12-4-2-3-11(9-12)16(17,18)19/h2-9H,1H3. The molecule has 0 fully saturated rings. The van der Waals surface area contributed by atoms with Gasteiger partial charge in [0, 0.05) is 24.2 Å². The van der Waals surface area contributed by atoms with Crippen molar-refractivity contribution in [3.05, 3.63) is 65.6 Å². The number of imidazole rings is 1. The predicted octanol–water partition coefficient (Wildman–Crippen LogP) is 3.88. The molecule has 0 N–H and O–H groups in total. The van der Waals surface area contributed by atoms with Gasteiger partial charge in [0.05, 0.1) is 11.1 Å². The highest BCUT2D eigenvalue weighted by atomic mass is 19.4. The summed E-state index contributed by atoms with van der Waals surface area (Å²) in [5, 5.41) is 0. The average Bonchev–Trinajstić information content (AvgIpc) is 2.96. The number of aromatic nitrogens is 2. The molecule has 0 aliphatic carbocycles. The van der Waals surface area contributed by atoms with E-state index in [4.69, 9.17) is 4.74 Å². The molecule has 0 aliphatic heterocycles. The Bertz CT molecular complexity index is 884. The van der Waals surface area contributed by atoms with Crippen LogP contribution in [0, 0.1) is 6.92 Å². The number of nitrogens with zero attached hydrogens (tertiary/aromatic N) is 2. The summed E-state index contributed by atoms with van der Waals surface area (Å²) in [6, 6.07) is 5.74. The van der Waals surface area contributed by atoms with Gasteiger partial charge in [-0.3, -0.25) is 0 Å². The Morgan fingerprint density at radius 3 is 2.74 bits per heavy atom. The fourth-order valence-electron chi connectivity index (χ4n) is 2.24. The maximum Gasteiger partial charge on any atom is 0.416 e. The SMILES string of the molecule is Cc1c(C(=O)Oc2cccc(C(F)(F)F)c2)ccn2ccnc12. The minimum absolute atomic E-state index is 0.160. The van der Waals surface area contributed by atoms with Crippen molar-refractivity contribution in [1.29, 1.82) is 0 Å². The normalized spacial score (nSPS) is 11.7. The third-order valence-corrected chi connectivity index (χ3v) is 3.40. The highest BCUT2D eigenvalue weighted by Crippen LogP contribution is 2.31. The molecule has 1 aromatic carbocycles. The molecule has 0 radical (unpaired) electrons. The first-order valence-electron chi connectivity index (χ1n) is 6.68. The summed E-state index contributed by atoms with van der Waals surface area (Å²) in [6.45, 7) is 1.70. The number of ether oxygens (including phenoxy) is 1. The Balaban J connectivity index is 1.90. The van der Waals surface area contributed by atoms with Gasteiger partial charge in [-0.2, -0.15) is 13.2 Å². The Morgan fingerprint density at radius 2 is 2.00 bits per heavy atom. The number of fused-ring (bicyclic) bond motifs is 1. The van der Waals surface area contributed by atoms with Gasteiger partial charge >= 0.3 is 12.1 Å². The van der Waals surface area contributed by atoms with Crippen LogP contribution in [0.1, 0.15) is 21.5 Å². The Labute approximate surface area is 129 Å². The largest absolute Gasteiger partial charge is 0.423 e. The summed E-state index contributed by atoms with van der Waals surface area (Å²) in [4.78, 5) is 16.3. The Kier molecular flexibility index (Phi) is 3.55. The fraction of sp³-hybridized carbons (Fsp3) is 0.125. The smallest absolute Gasteiger partial charge is 0.416 e. The molecule has 3 aromatic rings. The first kappa shape index (κ1) is 15.1. The summed E-state index contributed by atoms with van der Waals surface area (Å²) < 4.78 is 44.8. The molecular weight excluding hydrogens is 309 g/mol. The summed E-state index contributed by atoms with van der Waals surface area (Å²) >= 11 is 0. The third-order valence-electron chi connectivity index (χ3n) is 3.40. The van der Waals surface area contributed by atoms with Crippen molar-refractivity contribution in [2.45, 2.75) is 13.1 Å². The minimum Gasteiger partial charge on any atom is -0.423 e. The molecule has 2 heterocycles. The molecule has 0 atom stereocenters. The number of pyridine rings is 1. The van der Waals surface area contributed by atoms with Crippen molar-refractivity contribution in [2.24, 2.45) is 0 Å². The summed E-state index contributed by atoms with van der Waals surface area (Å²) in [6.07, 6.45) is 0.458. The van der Waals surface area contributed by atoms with Gasteiger partial charge < -0.3 is 9.14 Å². The molecule has 0 unspecified atom stereocenters. The minimum atomic E-state index is -4.49. The van der Waals surface area contributed by atoms with Gasteiger partial charge in [-0.05, 0) is 31.2 Å². The van der Waals surface area contributed by atoms with Gasteiger partial charge in [0.25, 0.3) is 0 Å². The van der Waals surface area contributed by atoms with Crippen LogP contribution in [0.3, 0.4) is 0 Å². The Hall–Kier alpha value is -2.83. The van der Waals surface area contributed by atoms with Crippen LogP contribution in [0.25, 0.3) is 5.65 Å². The van der Waals surface area contributed by atoms with Crippen LogP contribution >= 0.6 is 0 Å². The maximum absolute atomic E-state index is 12.7. The van der Waals surface area contributed by atoms with Crippen molar-refractivity contribution in [3.63, 3.8) is 0 Å². The number of hydrogen-bond acceptors (Lipinski definition) is 3. The topological polar surface area (TPSA) is 43.6 Å². The number of carbonyl (C=O) groups excluding carboxylic acids is 1. The van der Waals surface area contributed by atoms with Crippen LogP contribution in [-0.4, -0.2) is 15.4 Å². The maximum atomic E-state index is 12.7. The van der Waals surface area contributed by atoms with E-state index in [9.17, 15) is 18.0 Å². The van der Waals surface area contributed by atoms with Gasteiger partial charge in [-0.15, -0.1) is 0 Å². The van der Waals surface area contributed by atoms with Gasteiger partial charge in [0.1, 0.15) is 11.4 Å². The number of alkyl halides is 3. The van der Waals surface area contributed by atoms with Crippen LogP contribution in [0.4, 0.5) is 13.2 Å². The zero-order valence-electron chi connectivity index (χ0n) is 12.0. The monoisotopic (exact) mass is 320 g/mol. The van der Waals surface area contributed by atoms with E-state index in [0.717, 1.165) is 12.1 Å². The Morgan fingerprint density at radius 1 is 1.22 bits per heavy atom. The number of rotatable bonds is 2. The summed E-state index contributed by atoms with van der Waals surface area (Å²) in [5.41, 5.74) is 0.558. The first-order chi connectivity index (χ1) is 10.9. The van der Waals surface area contributed by atoms with Crippen molar-refractivity contribution < 1.29 is 22.7 Å². The number of benzene rings is 1. The van der Waals surface area contributed by atoms with E-state index >= 15 is 0 Å². The lowest BCUT2D eigenvalue weighted by molar-refractivity contribution is -0.137. The van der Waals surface area contributed by atoms with Gasteiger partial charge in [0.2, 0.25) is 0 Å². The molecule has 0 spiro atoms. The molecule has 0 saturated heterocycles. The van der Waals surface area contributed by atoms with Crippen molar-refractivity contribution in [2.75, 3.05) is 0 Å². The molecule has 23 heavy (non-hydrogen) atoms. The number of halogens is 3. The van der Waals surface area contributed by atoms with E-state index < -0.39 is 17.7 Å². The summed E-state index contributed by atoms with van der Waals surface area (Å²) in [7, 11) is 0. The number of hydrogen-bond donors (Lipinski definition) is 0. The number of esters is 1. The molecule has 0 aliphatic rings. The molecule has 0 amide bonds. The highest BCUT2D eigenvalue weighted by Gasteiger charge is 2.30. The highest BCUT2D eigenvalue weighted by molar-refractivity contribution is 5.94. The number of carbonyl (C=O) groups is 1. The van der Waals surface area contributed by atoms with Crippen molar-refractivity contribution >= 4 is 11.6 Å². The first-order valence-corrected chi connectivity index (χ1v) is 6.68. The molecule has 7 heteroatoms. The molecular formula is C16H11F3N2O2. The van der Waals surface area contributed by atoms with Gasteiger partial charge in [0.15, 0.2) is 0 Å². The molecule has 3 rings (SSSR count). The predicted molar refractivity (Wildman–Crippen MR) is 76.3 cm³/mol. The van der Waals surface area contributed by atoms with Crippen LogP contribution in [0.5, 0.6) is 5.75 Å². The zero-order valence-corrected chi connectivity index (χ0v) is 12.0. The van der Waals surface area contributed by atoms with Crippen LogP contribution in [-0.2, 0) is 6.18 Å². The lowest BCUT2D eigenvalue weighted by atomic mass is 10.1. The molecule has 0 bridgehead atoms. The second-order valence-corrected chi connectivity index (χ2v) is 4.93. The molecule has 118 valence electrons. The fourth-order valence-corrected chi connectivity index (χ4v) is 2.24. The lowest BCUT2D eigenvalue weighted by Gasteiger charge is -2.10. The van der Waals surface area contributed by atoms with Crippen molar-refractivity contribution in [1.82, 2.24) is 9.38 Å². The lowest BCUT2D eigenvalue weighted by Crippen LogP contribution is -2.12. The third kappa shape index (κ3) is 2.90. The van der Waals surface area contributed by atoms with E-state index in [0.29, 0.717) is 11.2 Å². The molecule has 4 nitrogen and oxygen atoms in total. The summed E-state index contributed by atoms with van der Waals surface area (Å²) in [5.74, 6) is -0.889. The van der Waals surface area contributed by atoms with E-state index in [2.05, 4.69) is 4.98 Å².